The zero-order valence-electron chi connectivity index (χ0n) is 27.7. The Hall–Kier alpha value is -2.60. The molecule has 238 valence electrons. The third-order valence-corrected chi connectivity index (χ3v) is 6.96. The predicted octanol–water partition coefficient (Wildman–Crippen LogP) is 10.7. The molecule has 4 aromatic carbocycles. The molecule has 0 aliphatic carbocycles. The smallest absolute Gasteiger partial charge is 0.507 e. The maximum Gasteiger partial charge on any atom is 2.00 e. The number of phenols is 2. The molecule has 0 saturated carbocycles. The molecule has 0 aliphatic rings. The number of aliphatic imine (C=N–C) groups is 2. The topological polar surface area (TPSA) is 65.2 Å². The molecule has 0 amide bonds. The van der Waals surface area contributed by atoms with Crippen molar-refractivity contribution in [3.8, 4) is 11.5 Å². The van der Waals surface area contributed by atoms with E-state index in [2.05, 4.69) is 97.2 Å². The third kappa shape index (κ3) is 16.0. The van der Waals surface area contributed by atoms with Crippen LogP contribution in [0.25, 0.3) is 0 Å². The average molecular weight is 814 g/mol. The molecule has 0 fully saturated rings. The summed E-state index contributed by atoms with van der Waals surface area (Å²) in [6.07, 6.45) is 3.32. The number of phenolic OH excluding ortho intramolecular Hbond substituents is 2. The SMILES string of the molecule is CN=Cc1cc(Br)cc(C(C)(C)C)c1O.CN=Cc1cc(Br)cc(C(C)(C)C)c1O.[CH2-]c1ccccc1.[CH2-]c1ccccc1.[Zr+2]. The molecule has 4 aromatic rings. The standard InChI is InChI=1S/2C12H16BrNO.2C7H7.Zr/c2*1-12(2,3)10-6-9(13)5-8(7-14-4)11(10)15;2*1-7-5-3-2-4-6-7;/h2*5-7,15H,1-4H3;2*2-6H,1H2;/q;;2*-1;+2. The average Bonchev–Trinajstić information content (AvgIpc) is 2.93. The van der Waals surface area contributed by atoms with Gasteiger partial charge in [0.15, 0.2) is 0 Å². The molecule has 0 aliphatic heterocycles. The van der Waals surface area contributed by atoms with E-state index in [1.54, 1.807) is 26.5 Å². The van der Waals surface area contributed by atoms with Crippen LogP contribution in [0.1, 0.15) is 74.9 Å². The van der Waals surface area contributed by atoms with Crippen LogP contribution in [-0.2, 0) is 37.0 Å². The van der Waals surface area contributed by atoms with Crippen LogP contribution in [0.4, 0.5) is 0 Å². The fourth-order valence-corrected chi connectivity index (χ4v) is 4.77. The first kappa shape index (κ1) is 42.4. The predicted molar refractivity (Wildman–Crippen MR) is 198 cm³/mol. The van der Waals surface area contributed by atoms with Crippen molar-refractivity contribution in [2.45, 2.75) is 52.4 Å². The summed E-state index contributed by atoms with van der Waals surface area (Å²) in [5.74, 6) is 0.632. The van der Waals surface area contributed by atoms with Gasteiger partial charge in [0, 0.05) is 57.7 Å². The first-order valence-electron chi connectivity index (χ1n) is 14.2. The van der Waals surface area contributed by atoms with E-state index in [1.165, 1.54) is 0 Å². The largest absolute Gasteiger partial charge is 2.00 e. The van der Waals surface area contributed by atoms with Gasteiger partial charge in [0.2, 0.25) is 0 Å². The van der Waals surface area contributed by atoms with E-state index >= 15 is 0 Å². The summed E-state index contributed by atoms with van der Waals surface area (Å²) in [5, 5.41) is 20.1. The van der Waals surface area contributed by atoms with Gasteiger partial charge in [0.1, 0.15) is 11.5 Å². The summed E-state index contributed by atoms with van der Waals surface area (Å²) in [5.41, 5.74) is 5.33. The van der Waals surface area contributed by atoms with Crippen LogP contribution >= 0.6 is 31.9 Å². The van der Waals surface area contributed by atoms with Crippen molar-refractivity contribution in [2.24, 2.45) is 9.98 Å². The Labute approximate surface area is 307 Å². The first-order valence-corrected chi connectivity index (χ1v) is 15.7. The monoisotopic (exact) mass is 810 g/mol. The number of nitrogens with zero attached hydrogens (tertiary/aromatic N) is 2. The molecule has 0 bridgehead atoms. The molecule has 0 saturated heterocycles. The number of rotatable bonds is 2. The third-order valence-electron chi connectivity index (χ3n) is 6.05. The molecular weight excluding hydrogens is 767 g/mol. The minimum Gasteiger partial charge on any atom is -0.507 e. The molecule has 0 heterocycles. The van der Waals surface area contributed by atoms with Gasteiger partial charge in [-0.2, -0.15) is 49.2 Å². The fourth-order valence-electron chi connectivity index (χ4n) is 3.82. The van der Waals surface area contributed by atoms with Crippen molar-refractivity contribution in [1.82, 2.24) is 0 Å². The van der Waals surface area contributed by atoms with Gasteiger partial charge in [-0.1, -0.05) is 85.5 Å². The van der Waals surface area contributed by atoms with Crippen LogP contribution in [0.2, 0.25) is 0 Å². The van der Waals surface area contributed by atoms with Crippen LogP contribution in [0, 0.1) is 13.8 Å². The molecule has 7 heteroatoms. The van der Waals surface area contributed by atoms with E-state index in [-0.39, 0.29) is 37.0 Å². The van der Waals surface area contributed by atoms with Gasteiger partial charge >= 0.3 is 26.2 Å². The van der Waals surface area contributed by atoms with Gasteiger partial charge in [-0.25, -0.2) is 0 Å². The zero-order chi connectivity index (χ0) is 33.5. The van der Waals surface area contributed by atoms with Gasteiger partial charge in [-0.05, 0) is 35.1 Å². The molecule has 45 heavy (non-hydrogen) atoms. The fraction of sp³-hybridized carbons (Fsp3) is 0.263. The molecular formula is C38H46Br2N2O2Zr. The molecule has 0 spiro atoms. The second kappa shape index (κ2) is 20.5. The maximum absolute atomic E-state index is 10.1. The van der Waals surface area contributed by atoms with E-state index in [9.17, 15) is 10.2 Å². The Bertz CT molecular complexity index is 1380. The number of aromatic hydroxyl groups is 2. The van der Waals surface area contributed by atoms with E-state index in [0.717, 1.165) is 42.3 Å². The quantitative estimate of drug-likeness (QED) is 0.156. The molecule has 0 atom stereocenters. The van der Waals surface area contributed by atoms with Crippen molar-refractivity contribution >= 4 is 44.3 Å². The van der Waals surface area contributed by atoms with Crippen LogP contribution in [0.3, 0.4) is 0 Å². The summed E-state index contributed by atoms with van der Waals surface area (Å²) < 4.78 is 1.92. The minimum atomic E-state index is -0.0792. The summed E-state index contributed by atoms with van der Waals surface area (Å²) in [6, 6.07) is 27.4. The molecule has 4 rings (SSSR count). The second-order valence-corrected chi connectivity index (χ2v) is 13.9. The van der Waals surface area contributed by atoms with Crippen LogP contribution in [0.5, 0.6) is 11.5 Å². The Kier molecular flexibility index (Phi) is 19.3. The van der Waals surface area contributed by atoms with Crippen molar-refractivity contribution < 1.29 is 36.4 Å². The van der Waals surface area contributed by atoms with Crippen LogP contribution < -0.4 is 0 Å². The van der Waals surface area contributed by atoms with Crippen molar-refractivity contribution in [3.63, 3.8) is 0 Å². The van der Waals surface area contributed by atoms with E-state index in [1.807, 2.05) is 84.9 Å². The van der Waals surface area contributed by atoms with Gasteiger partial charge in [-0.3, -0.25) is 9.98 Å². The van der Waals surface area contributed by atoms with Crippen molar-refractivity contribution in [1.29, 1.82) is 0 Å². The Morgan fingerprint density at radius 1 is 0.578 bits per heavy atom. The summed E-state index contributed by atoms with van der Waals surface area (Å²) in [4.78, 5) is 7.85. The number of hydrogen-bond donors (Lipinski definition) is 2. The van der Waals surface area contributed by atoms with Crippen molar-refractivity contribution in [3.05, 3.63) is 141 Å². The van der Waals surface area contributed by atoms with Gasteiger partial charge in [-0.15, -0.1) is 24.3 Å². The van der Waals surface area contributed by atoms with E-state index in [4.69, 9.17) is 0 Å². The number of benzene rings is 4. The van der Waals surface area contributed by atoms with Crippen LogP contribution in [0.15, 0.2) is 104 Å². The summed E-state index contributed by atoms with van der Waals surface area (Å²) in [6.45, 7) is 19.9. The first-order chi connectivity index (χ1) is 20.5. The minimum absolute atomic E-state index is 0. The Balaban J connectivity index is 0.000000602. The number of hydrogen-bond acceptors (Lipinski definition) is 4. The van der Waals surface area contributed by atoms with Gasteiger partial charge in [0.05, 0.1) is 0 Å². The molecule has 0 unspecified atom stereocenters. The van der Waals surface area contributed by atoms with Gasteiger partial charge in [0.25, 0.3) is 0 Å². The molecule has 0 aromatic heterocycles. The van der Waals surface area contributed by atoms with Gasteiger partial charge < -0.3 is 10.2 Å². The van der Waals surface area contributed by atoms with Crippen LogP contribution in [-0.4, -0.2) is 36.7 Å². The molecule has 4 nitrogen and oxygen atoms in total. The Morgan fingerprint density at radius 2 is 0.867 bits per heavy atom. The zero-order valence-corrected chi connectivity index (χ0v) is 33.3. The summed E-state index contributed by atoms with van der Waals surface area (Å²) in [7, 11) is 3.38. The van der Waals surface area contributed by atoms with Crippen molar-refractivity contribution in [2.75, 3.05) is 14.1 Å². The Morgan fingerprint density at radius 3 is 1.07 bits per heavy atom. The second-order valence-electron chi connectivity index (χ2n) is 12.0. The summed E-state index contributed by atoms with van der Waals surface area (Å²) >= 11 is 6.87. The molecule has 2 N–H and O–H groups in total. The maximum atomic E-state index is 10.1. The number of halogens is 2. The van der Waals surface area contributed by atoms with E-state index < -0.39 is 0 Å². The normalized spacial score (nSPS) is 10.9. The molecule has 0 radical (unpaired) electrons. The van der Waals surface area contributed by atoms with E-state index in [0.29, 0.717) is 11.5 Å².